The third kappa shape index (κ3) is 4.35. The molecule has 1 heterocycles. The van der Waals surface area contributed by atoms with Gasteiger partial charge in [0.2, 0.25) is 0 Å². The van der Waals surface area contributed by atoms with Gasteiger partial charge in [0.25, 0.3) is 0 Å². The fraction of sp³-hybridized carbons (Fsp3) is 0.714. The van der Waals surface area contributed by atoms with E-state index in [0.29, 0.717) is 5.92 Å². The summed E-state index contributed by atoms with van der Waals surface area (Å²) in [5.41, 5.74) is 1.14. The maximum Gasteiger partial charge on any atom is 0.137 e. The van der Waals surface area contributed by atoms with Gasteiger partial charge in [-0.1, -0.05) is 13.8 Å². The quantitative estimate of drug-likeness (QED) is 0.792. The lowest BCUT2D eigenvalue weighted by atomic mass is 10.0. The molecule has 1 aromatic heterocycles. The highest BCUT2D eigenvalue weighted by atomic mass is 16.3. The Morgan fingerprint density at radius 2 is 2.00 bits per heavy atom. The molecule has 1 aromatic rings. The number of hydrogen-bond donors (Lipinski definition) is 2. The molecule has 19 heavy (non-hydrogen) atoms. The zero-order valence-corrected chi connectivity index (χ0v) is 12.6. The van der Waals surface area contributed by atoms with E-state index in [9.17, 15) is 5.11 Å². The molecule has 2 N–H and O–H groups in total. The molecule has 5 heteroatoms. The number of hydrogen-bond acceptors (Lipinski definition) is 5. The largest absolute Gasteiger partial charge is 0.393 e. The first-order valence-corrected chi connectivity index (χ1v) is 6.95. The van der Waals surface area contributed by atoms with E-state index in [2.05, 4.69) is 41.0 Å². The van der Waals surface area contributed by atoms with Crippen molar-refractivity contribution in [2.45, 2.75) is 46.1 Å². The van der Waals surface area contributed by atoms with Crippen LogP contribution in [-0.4, -0.2) is 41.3 Å². The molecule has 0 aliphatic carbocycles. The molecule has 0 amide bonds. The molecule has 0 spiro atoms. The summed E-state index contributed by atoms with van der Waals surface area (Å²) in [5, 5.41) is 12.7. The summed E-state index contributed by atoms with van der Waals surface area (Å²) in [7, 11) is 2.01. The summed E-state index contributed by atoms with van der Waals surface area (Å²) in [5.74, 6) is 2.20. The third-order valence-electron chi connectivity index (χ3n) is 3.03. The van der Waals surface area contributed by atoms with Crippen LogP contribution in [0.15, 0.2) is 6.33 Å². The molecule has 0 radical (unpaired) electrons. The molecule has 108 valence electrons. The maximum absolute atomic E-state index is 9.39. The molecule has 0 saturated heterocycles. The highest BCUT2D eigenvalue weighted by Crippen LogP contribution is 2.30. The van der Waals surface area contributed by atoms with Crippen LogP contribution in [0.5, 0.6) is 0 Å². The van der Waals surface area contributed by atoms with Crippen molar-refractivity contribution in [3.05, 3.63) is 11.9 Å². The molecule has 1 atom stereocenters. The van der Waals surface area contributed by atoms with Crippen LogP contribution in [0, 0.1) is 0 Å². The molecular weight excluding hydrogens is 240 g/mol. The summed E-state index contributed by atoms with van der Waals surface area (Å²) in [4.78, 5) is 10.8. The molecule has 0 aliphatic heterocycles. The van der Waals surface area contributed by atoms with Crippen LogP contribution in [0.1, 0.15) is 45.6 Å². The first-order chi connectivity index (χ1) is 8.97. The normalized spacial score (nSPS) is 12.6. The predicted molar refractivity (Wildman–Crippen MR) is 79.9 cm³/mol. The standard InChI is InChI=1S/C14H26N4O/c1-6-15-13-12(10(2)3)14(17-9-16-13)18(5)8-7-11(4)19/h9-11,19H,6-8H2,1-5H3,(H,15,16,17). The van der Waals surface area contributed by atoms with Crippen molar-refractivity contribution in [1.29, 1.82) is 0 Å². The number of aromatic nitrogens is 2. The number of anilines is 2. The summed E-state index contributed by atoms with van der Waals surface area (Å²) in [6.07, 6.45) is 2.03. The van der Waals surface area contributed by atoms with Gasteiger partial charge in [0.05, 0.1) is 6.10 Å². The Hall–Kier alpha value is -1.36. The second-order valence-corrected chi connectivity index (χ2v) is 5.20. The first-order valence-electron chi connectivity index (χ1n) is 6.95. The van der Waals surface area contributed by atoms with Gasteiger partial charge in [0, 0.05) is 25.7 Å². The second-order valence-electron chi connectivity index (χ2n) is 5.20. The van der Waals surface area contributed by atoms with Crippen LogP contribution in [0.4, 0.5) is 11.6 Å². The summed E-state index contributed by atoms with van der Waals surface area (Å²) in [6, 6.07) is 0. The number of aliphatic hydroxyl groups is 1. The molecule has 0 aromatic carbocycles. The minimum absolute atomic E-state index is 0.292. The highest BCUT2D eigenvalue weighted by Gasteiger charge is 2.17. The average Bonchev–Trinajstić information content (AvgIpc) is 2.35. The molecule has 0 fully saturated rings. The Morgan fingerprint density at radius 1 is 1.32 bits per heavy atom. The van der Waals surface area contributed by atoms with Crippen LogP contribution in [-0.2, 0) is 0 Å². The molecule has 0 bridgehead atoms. The lowest BCUT2D eigenvalue weighted by Gasteiger charge is -2.24. The van der Waals surface area contributed by atoms with Gasteiger partial charge in [-0.3, -0.25) is 0 Å². The maximum atomic E-state index is 9.39. The van der Waals surface area contributed by atoms with E-state index >= 15 is 0 Å². The van der Waals surface area contributed by atoms with E-state index in [-0.39, 0.29) is 6.10 Å². The van der Waals surface area contributed by atoms with Crippen LogP contribution in [0.2, 0.25) is 0 Å². The molecule has 1 unspecified atom stereocenters. The fourth-order valence-corrected chi connectivity index (χ4v) is 2.02. The fourth-order valence-electron chi connectivity index (χ4n) is 2.02. The zero-order valence-electron chi connectivity index (χ0n) is 12.6. The van der Waals surface area contributed by atoms with Gasteiger partial charge < -0.3 is 15.3 Å². The number of rotatable bonds is 7. The Kier molecular flexibility index (Phi) is 6.02. The summed E-state index contributed by atoms with van der Waals surface area (Å²) >= 11 is 0. The van der Waals surface area contributed by atoms with E-state index in [4.69, 9.17) is 0 Å². The van der Waals surface area contributed by atoms with Gasteiger partial charge in [-0.05, 0) is 26.2 Å². The molecule has 0 saturated carbocycles. The second kappa shape index (κ2) is 7.28. The van der Waals surface area contributed by atoms with Crippen LogP contribution in [0.3, 0.4) is 0 Å². The van der Waals surface area contributed by atoms with Crippen molar-refractivity contribution >= 4 is 11.6 Å². The minimum atomic E-state index is -0.292. The van der Waals surface area contributed by atoms with Crippen molar-refractivity contribution < 1.29 is 5.11 Å². The van der Waals surface area contributed by atoms with E-state index < -0.39 is 0 Å². The van der Waals surface area contributed by atoms with Crippen molar-refractivity contribution in [3.63, 3.8) is 0 Å². The van der Waals surface area contributed by atoms with Gasteiger partial charge in [-0.25, -0.2) is 9.97 Å². The molecule has 5 nitrogen and oxygen atoms in total. The summed E-state index contributed by atoms with van der Waals surface area (Å²) in [6.45, 7) is 9.77. The first kappa shape index (κ1) is 15.7. The van der Waals surface area contributed by atoms with Gasteiger partial charge in [0.1, 0.15) is 18.0 Å². The number of nitrogens with zero attached hydrogens (tertiary/aromatic N) is 3. The zero-order chi connectivity index (χ0) is 14.4. The topological polar surface area (TPSA) is 61.3 Å². The lowest BCUT2D eigenvalue weighted by Crippen LogP contribution is -2.25. The predicted octanol–water partition coefficient (Wildman–Crippen LogP) is 2.24. The average molecular weight is 266 g/mol. The van der Waals surface area contributed by atoms with Crippen molar-refractivity contribution in [3.8, 4) is 0 Å². The van der Waals surface area contributed by atoms with Crippen LogP contribution >= 0.6 is 0 Å². The van der Waals surface area contributed by atoms with Gasteiger partial charge in [-0.2, -0.15) is 0 Å². The van der Waals surface area contributed by atoms with E-state index in [1.807, 2.05) is 7.05 Å². The Bertz CT molecular complexity index is 393. The third-order valence-corrected chi connectivity index (χ3v) is 3.03. The van der Waals surface area contributed by atoms with Crippen LogP contribution < -0.4 is 10.2 Å². The van der Waals surface area contributed by atoms with Crippen LogP contribution in [0.25, 0.3) is 0 Å². The van der Waals surface area contributed by atoms with E-state index in [1.54, 1.807) is 13.3 Å². The van der Waals surface area contributed by atoms with E-state index in [0.717, 1.165) is 36.7 Å². The van der Waals surface area contributed by atoms with Gasteiger partial charge in [-0.15, -0.1) is 0 Å². The van der Waals surface area contributed by atoms with Crippen molar-refractivity contribution in [1.82, 2.24) is 9.97 Å². The highest BCUT2D eigenvalue weighted by molar-refractivity contribution is 5.60. The van der Waals surface area contributed by atoms with E-state index in [1.165, 1.54) is 0 Å². The Morgan fingerprint density at radius 3 is 2.53 bits per heavy atom. The number of nitrogens with one attached hydrogen (secondary N) is 1. The van der Waals surface area contributed by atoms with Gasteiger partial charge in [0.15, 0.2) is 0 Å². The molecule has 1 rings (SSSR count). The monoisotopic (exact) mass is 266 g/mol. The Balaban J connectivity index is 3.01. The molecular formula is C14H26N4O. The lowest BCUT2D eigenvalue weighted by molar-refractivity contribution is 0.187. The SMILES string of the molecule is CCNc1ncnc(N(C)CCC(C)O)c1C(C)C. The minimum Gasteiger partial charge on any atom is -0.393 e. The van der Waals surface area contributed by atoms with Crippen molar-refractivity contribution in [2.24, 2.45) is 0 Å². The summed E-state index contributed by atoms with van der Waals surface area (Å²) < 4.78 is 0. The smallest absolute Gasteiger partial charge is 0.137 e. The molecule has 0 aliphatic rings. The van der Waals surface area contributed by atoms with Gasteiger partial charge >= 0.3 is 0 Å². The Labute approximate surface area is 116 Å². The number of aliphatic hydroxyl groups excluding tert-OH is 1. The van der Waals surface area contributed by atoms with Crippen molar-refractivity contribution in [2.75, 3.05) is 30.4 Å².